The minimum absolute atomic E-state index is 0.424. The molecule has 1 aliphatic heterocycles. The molecule has 2 aromatic heterocycles. The third kappa shape index (κ3) is 9.40. The molecule has 3 aromatic carbocycles. The fraction of sp³-hybridized carbons (Fsp3) is 0.429. The van der Waals surface area contributed by atoms with Crippen LogP contribution in [0.4, 0.5) is 5.69 Å². The van der Waals surface area contributed by atoms with Gasteiger partial charge in [0.05, 0.1) is 57.5 Å². The molecule has 1 atom stereocenters. The number of ether oxygens (including phenoxy) is 2. The number of allylic oxidation sites excluding steroid dienone is 1. The number of nitrogens with one attached hydrogen (secondary N) is 1. The lowest BCUT2D eigenvalue weighted by atomic mass is 9.96. The van der Waals surface area contributed by atoms with E-state index < -0.39 is 16.4 Å². The molecule has 10 heteroatoms. The van der Waals surface area contributed by atoms with Gasteiger partial charge < -0.3 is 29.0 Å². The van der Waals surface area contributed by atoms with Crippen molar-refractivity contribution < 1.29 is 18.8 Å². The van der Waals surface area contributed by atoms with E-state index in [1.807, 2.05) is 57.4 Å². The number of fused-ring (bicyclic) bond motifs is 2. The Hall–Kier alpha value is -4.25. The van der Waals surface area contributed by atoms with Gasteiger partial charge in [-0.05, 0) is 117 Å². The molecule has 0 saturated carbocycles. The summed E-state index contributed by atoms with van der Waals surface area (Å²) in [6, 6.07) is 20.6. The zero-order valence-corrected chi connectivity index (χ0v) is 32.1. The molecule has 1 aliphatic rings. The van der Waals surface area contributed by atoms with Crippen LogP contribution in [0, 0.1) is 6.92 Å². The third-order valence-electron chi connectivity index (χ3n) is 9.38. The Bertz CT molecular complexity index is 2010. The lowest BCUT2D eigenvalue weighted by molar-refractivity contribution is 0.0872. The Kier molecular flexibility index (Phi) is 12.3. The number of hydrogen-bond acceptors (Lipinski definition) is 7. The first-order valence-corrected chi connectivity index (χ1v) is 20.0. The van der Waals surface area contributed by atoms with E-state index in [1.54, 1.807) is 0 Å². The fourth-order valence-electron chi connectivity index (χ4n) is 6.73. The van der Waals surface area contributed by atoms with E-state index in [2.05, 4.69) is 69.7 Å². The number of aliphatic hydroxyl groups is 1. The second-order valence-corrected chi connectivity index (χ2v) is 15.8. The number of anilines is 1. The van der Waals surface area contributed by atoms with Crippen molar-refractivity contribution in [2.45, 2.75) is 89.5 Å². The van der Waals surface area contributed by atoms with Crippen molar-refractivity contribution in [3.8, 4) is 16.9 Å². The SMILES string of the molecule is CCCCOCCOc1ccc(-c2ccc3c(c2)/C=C(/c2nc4ccc(S(=O)Cc5c(C)ncn5CCC)cc4[nH]2)CCCN3CC(C)(C)O)cc1. The zero-order chi connectivity index (χ0) is 36.7. The number of benzene rings is 3. The Morgan fingerprint density at radius 2 is 1.79 bits per heavy atom. The monoisotopic (exact) mass is 723 g/mol. The number of unbranched alkanes of at least 4 members (excludes halogenated alkanes) is 1. The minimum Gasteiger partial charge on any atom is -0.491 e. The average Bonchev–Trinajstić information content (AvgIpc) is 3.70. The van der Waals surface area contributed by atoms with Crippen molar-refractivity contribution in [3.63, 3.8) is 0 Å². The van der Waals surface area contributed by atoms with Crippen molar-refractivity contribution in [1.29, 1.82) is 0 Å². The molecular weight excluding hydrogens is 671 g/mol. The molecule has 0 bridgehead atoms. The maximum absolute atomic E-state index is 13.6. The lowest BCUT2D eigenvalue weighted by Gasteiger charge is -2.33. The van der Waals surface area contributed by atoms with Crippen LogP contribution < -0.4 is 9.64 Å². The maximum Gasteiger partial charge on any atom is 0.134 e. The fourth-order valence-corrected chi connectivity index (χ4v) is 7.99. The largest absolute Gasteiger partial charge is 0.491 e. The average molecular weight is 724 g/mol. The standard InChI is InChI=1S/C42H53N5O4S/c1-6-8-21-50-22-23-51-35-14-11-31(12-15-35)32-13-18-39-34(24-32)25-33(10-9-20-46(39)28-42(4,5)48)41-44-37-17-16-36(26-38(37)45-41)52(49)27-40-30(3)43-29-47(40)19-7-2/h11-18,24-26,29,48H,6-10,19-23,27-28H2,1-5H3,(H,44,45)/b33-25+. The summed E-state index contributed by atoms with van der Waals surface area (Å²) in [5.41, 5.74) is 8.28. The number of nitrogens with zero attached hydrogens (tertiary/aromatic N) is 4. The van der Waals surface area contributed by atoms with Crippen LogP contribution in [0.2, 0.25) is 0 Å². The lowest BCUT2D eigenvalue weighted by Crippen LogP contribution is -2.39. The number of rotatable bonds is 16. The number of aryl methyl sites for hydroxylation is 2. The van der Waals surface area contributed by atoms with E-state index in [4.69, 9.17) is 14.5 Å². The second kappa shape index (κ2) is 17.1. The normalized spacial score (nSPS) is 15.2. The van der Waals surface area contributed by atoms with Crippen LogP contribution in [-0.2, 0) is 27.8 Å². The molecule has 6 rings (SSSR count). The van der Waals surface area contributed by atoms with Gasteiger partial charge in [0.25, 0.3) is 0 Å². The molecule has 0 radical (unpaired) electrons. The minimum atomic E-state index is -1.22. The molecule has 0 fully saturated rings. The summed E-state index contributed by atoms with van der Waals surface area (Å²) in [6.45, 7) is 14.1. The molecule has 3 heterocycles. The summed E-state index contributed by atoms with van der Waals surface area (Å²) in [6.07, 6.45) is 9.00. The number of aromatic nitrogens is 4. The summed E-state index contributed by atoms with van der Waals surface area (Å²) in [4.78, 5) is 16.1. The Morgan fingerprint density at radius 3 is 2.56 bits per heavy atom. The first-order valence-electron chi connectivity index (χ1n) is 18.6. The van der Waals surface area contributed by atoms with E-state index in [0.717, 1.165) is 119 Å². The van der Waals surface area contributed by atoms with Crippen molar-refractivity contribution in [2.24, 2.45) is 0 Å². The van der Waals surface area contributed by atoms with Gasteiger partial charge in [0.15, 0.2) is 0 Å². The molecular formula is C42H53N5O4S. The number of H-pyrrole nitrogens is 1. The van der Waals surface area contributed by atoms with Gasteiger partial charge in [-0.15, -0.1) is 0 Å². The first-order chi connectivity index (χ1) is 25.1. The van der Waals surface area contributed by atoms with Gasteiger partial charge in [0, 0.05) is 36.8 Å². The summed E-state index contributed by atoms with van der Waals surface area (Å²) in [5, 5.41) is 10.8. The predicted molar refractivity (Wildman–Crippen MR) is 212 cm³/mol. The number of β-amino-alcohol motifs (C(OH)–C–C–N with tert-alkyl or cyclic N) is 1. The third-order valence-corrected chi connectivity index (χ3v) is 10.7. The molecule has 9 nitrogen and oxygen atoms in total. The zero-order valence-electron chi connectivity index (χ0n) is 31.3. The summed E-state index contributed by atoms with van der Waals surface area (Å²) in [7, 11) is -1.22. The van der Waals surface area contributed by atoms with Crippen LogP contribution in [0.5, 0.6) is 5.75 Å². The Morgan fingerprint density at radius 1 is 0.981 bits per heavy atom. The van der Waals surface area contributed by atoms with Crippen LogP contribution in [-0.4, -0.2) is 67.3 Å². The van der Waals surface area contributed by atoms with Crippen molar-refractivity contribution in [1.82, 2.24) is 19.5 Å². The highest BCUT2D eigenvalue weighted by Gasteiger charge is 2.23. The molecule has 0 amide bonds. The van der Waals surface area contributed by atoms with Crippen molar-refractivity contribution >= 4 is 39.2 Å². The Labute approximate surface area is 310 Å². The van der Waals surface area contributed by atoms with Crippen LogP contribution in [0.3, 0.4) is 0 Å². The van der Waals surface area contributed by atoms with Crippen molar-refractivity contribution in [2.75, 3.05) is 37.8 Å². The molecule has 276 valence electrons. The number of imidazole rings is 2. The summed E-state index contributed by atoms with van der Waals surface area (Å²) in [5.74, 6) is 2.07. The van der Waals surface area contributed by atoms with Gasteiger partial charge in [0.2, 0.25) is 0 Å². The Balaban J connectivity index is 1.27. The molecule has 2 N–H and O–H groups in total. The quantitative estimate of drug-likeness (QED) is 0.0984. The second-order valence-electron chi connectivity index (χ2n) is 14.3. The molecule has 52 heavy (non-hydrogen) atoms. The van der Waals surface area contributed by atoms with Gasteiger partial charge >= 0.3 is 0 Å². The van der Waals surface area contributed by atoms with Gasteiger partial charge in [-0.25, -0.2) is 9.97 Å². The van der Waals surface area contributed by atoms with Gasteiger partial charge in [-0.2, -0.15) is 0 Å². The van der Waals surface area contributed by atoms with E-state index in [-0.39, 0.29) is 0 Å². The van der Waals surface area contributed by atoms with Crippen LogP contribution in [0.25, 0.3) is 33.8 Å². The predicted octanol–water partition coefficient (Wildman–Crippen LogP) is 8.56. The van der Waals surface area contributed by atoms with E-state index in [1.165, 1.54) is 0 Å². The van der Waals surface area contributed by atoms with Gasteiger partial charge in [-0.1, -0.05) is 38.5 Å². The van der Waals surface area contributed by atoms with E-state index in [0.29, 0.717) is 25.5 Å². The van der Waals surface area contributed by atoms with E-state index in [9.17, 15) is 9.32 Å². The number of hydrogen-bond donors (Lipinski definition) is 2. The smallest absolute Gasteiger partial charge is 0.134 e. The molecule has 0 saturated heterocycles. The first kappa shape index (κ1) is 37.5. The summed E-state index contributed by atoms with van der Waals surface area (Å²) < 4.78 is 27.2. The summed E-state index contributed by atoms with van der Waals surface area (Å²) >= 11 is 0. The molecule has 1 unspecified atom stereocenters. The highest BCUT2D eigenvalue weighted by Crippen LogP contribution is 2.35. The topological polar surface area (TPSA) is 106 Å². The highest BCUT2D eigenvalue weighted by molar-refractivity contribution is 7.84. The van der Waals surface area contributed by atoms with Crippen LogP contribution in [0.1, 0.15) is 82.6 Å². The maximum atomic E-state index is 13.6. The number of aromatic amines is 1. The highest BCUT2D eigenvalue weighted by atomic mass is 32.2. The van der Waals surface area contributed by atoms with E-state index >= 15 is 0 Å². The van der Waals surface area contributed by atoms with Gasteiger partial charge in [0.1, 0.15) is 18.2 Å². The molecule has 5 aromatic rings. The van der Waals surface area contributed by atoms with Crippen molar-refractivity contribution in [3.05, 3.63) is 89.8 Å². The van der Waals surface area contributed by atoms with Crippen LogP contribution >= 0.6 is 0 Å². The van der Waals surface area contributed by atoms with Gasteiger partial charge in [-0.3, -0.25) is 4.21 Å². The molecule has 0 spiro atoms. The molecule has 0 aliphatic carbocycles. The van der Waals surface area contributed by atoms with Crippen LogP contribution in [0.15, 0.2) is 71.9 Å².